The number of halogens is 1. The zero-order valence-electron chi connectivity index (χ0n) is 14.8. The molecule has 0 aliphatic carbocycles. The molecule has 1 aromatic carbocycles. The number of hydrogen-bond acceptors (Lipinski definition) is 4. The van der Waals surface area contributed by atoms with Crippen LogP contribution >= 0.6 is 0 Å². The van der Waals surface area contributed by atoms with Crippen molar-refractivity contribution in [1.29, 1.82) is 5.26 Å². The molecule has 2 aliphatic rings. The number of carbonyl (C=O) groups is 1. The largest absolute Gasteiger partial charge is 0.444 e. The molecule has 3 rings (SSSR count). The second kappa shape index (κ2) is 5.99. The molecule has 2 heterocycles. The van der Waals surface area contributed by atoms with Gasteiger partial charge in [0.2, 0.25) is 0 Å². The van der Waals surface area contributed by atoms with E-state index in [9.17, 15) is 14.3 Å². The van der Waals surface area contributed by atoms with E-state index in [0.717, 1.165) is 12.8 Å². The highest BCUT2D eigenvalue weighted by molar-refractivity contribution is 5.70. The first-order valence-electron chi connectivity index (χ1n) is 8.57. The van der Waals surface area contributed by atoms with E-state index in [0.29, 0.717) is 0 Å². The number of rotatable bonds is 1. The normalized spacial score (nSPS) is 28.6. The SMILES string of the molecule is CC(C)(C)OC(=O)N1C2CCC1CC(O)(c1cccc(C#N)c1F)C2. The minimum atomic E-state index is -1.37. The average Bonchev–Trinajstić information content (AvgIpc) is 2.78. The average molecular weight is 346 g/mol. The van der Waals surface area contributed by atoms with Gasteiger partial charge >= 0.3 is 6.09 Å². The van der Waals surface area contributed by atoms with Gasteiger partial charge in [-0.25, -0.2) is 9.18 Å². The van der Waals surface area contributed by atoms with Gasteiger partial charge in [0.25, 0.3) is 0 Å². The Labute approximate surface area is 147 Å². The Morgan fingerprint density at radius 3 is 2.48 bits per heavy atom. The van der Waals surface area contributed by atoms with Crippen LogP contribution in [-0.2, 0) is 10.3 Å². The summed E-state index contributed by atoms with van der Waals surface area (Å²) in [6.45, 7) is 5.45. The molecule has 2 fully saturated rings. The number of aliphatic hydroxyl groups is 1. The van der Waals surface area contributed by atoms with Crippen molar-refractivity contribution < 1.29 is 19.0 Å². The third-order valence-corrected chi connectivity index (χ3v) is 4.99. The highest BCUT2D eigenvalue weighted by Crippen LogP contribution is 2.47. The zero-order chi connectivity index (χ0) is 18.4. The van der Waals surface area contributed by atoms with Crippen molar-refractivity contribution in [3.05, 3.63) is 35.1 Å². The zero-order valence-corrected chi connectivity index (χ0v) is 14.8. The molecule has 0 saturated carbocycles. The van der Waals surface area contributed by atoms with Gasteiger partial charge in [0.1, 0.15) is 17.5 Å². The molecular formula is C19H23FN2O3. The summed E-state index contributed by atoms with van der Waals surface area (Å²) in [6, 6.07) is 5.93. The Hall–Kier alpha value is -2.13. The first kappa shape index (κ1) is 17.7. The predicted octanol–water partition coefficient (Wildman–Crippen LogP) is 3.45. The predicted molar refractivity (Wildman–Crippen MR) is 89.1 cm³/mol. The maximum atomic E-state index is 14.6. The number of ether oxygens (including phenoxy) is 1. The molecule has 6 heteroatoms. The lowest BCUT2D eigenvalue weighted by Gasteiger charge is -2.44. The number of fused-ring (bicyclic) bond motifs is 2. The lowest BCUT2D eigenvalue weighted by molar-refractivity contribution is -0.0640. The topological polar surface area (TPSA) is 73.6 Å². The molecule has 1 aromatic rings. The molecule has 0 aromatic heterocycles. The molecule has 2 unspecified atom stereocenters. The number of carbonyl (C=O) groups excluding carboxylic acids is 1. The minimum absolute atomic E-state index is 0.0761. The van der Waals surface area contributed by atoms with E-state index in [2.05, 4.69) is 0 Å². The third-order valence-electron chi connectivity index (χ3n) is 4.99. The smallest absolute Gasteiger partial charge is 0.410 e. The van der Waals surface area contributed by atoms with E-state index in [4.69, 9.17) is 10.00 Å². The van der Waals surface area contributed by atoms with Crippen LogP contribution in [-0.4, -0.2) is 33.8 Å². The number of amides is 1. The third kappa shape index (κ3) is 3.21. The van der Waals surface area contributed by atoms with Gasteiger partial charge < -0.3 is 14.7 Å². The fourth-order valence-electron chi connectivity index (χ4n) is 4.04. The van der Waals surface area contributed by atoms with Crippen molar-refractivity contribution in [2.24, 2.45) is 0 Å². The van der Waals surface area contributed by atoms with Gasteiger partial charge in [-0.15, -0.1) is 0 Å². The van der Waals surface area contributed by atoms with Crippen molar-refractivity contribution >= 4 is 6.09 Å². The molecule has 1 amide bonds. The highest BCUT2D eigenvalue weighted by Gasteiger charge is 2.51. The number of nitrogens with zero attached hydrogens (tertiary/aromatic N) is 2. The molecule has 2 saturated heterocycles. The van der Waals surface area contributed by atoms with E-state index >= 15 is 0 Å². The van der Waals surface area contributed by atoms with Gasteiger partial charge in [0.15, 0.2) is 0 Å². The van der Waals surface area contributed by atoms with Crippen molar-refractivity contribution in [2.45, 2.75) is 69.7 Å². The van der Waals surface area contributed by atoms with Crippen LogP contribution in [0, 0.1) is 17.1 Å². The summed E-state index contributed by atoms with van der Waals surface area (Å²) in [4.78, 5) is 14.2. The first-order chi connectivity index (χ1) is 11.6. The van der Waals surface area contributed by atoms with E-state index < -0.39 is 17.0 Å². The van der Waals surface area contributed by atoms with Gasteiger partial charge in [-0.3, -0.25) is 0 Å². The number of nitriles is 1. The summed E-state index contributed by atoms with van der Waals surface area (Å²) >= 11 is 0. The second-order valence-corrected chi connectivity index (χ2v) is 7.99. The van der Waals surface area contributed by atoms with E-state index in [1.165, 1.54) is 12.1 Å². The lowest BCUT2D eigenvalue weighted by Crippen LogP contribution is -2.53. The fourth-order valence-corrected chi connectivity index (χ4v) is 4.04. The van der Waals surface area contributed by atoms with E-state index in [1.54, 1.807) is 11.0 Å². The molecule has 0 spiro atoms. The fraction of sp³-hybridized carbons (Fsp3) is 0.579. The van der Waals surface area contributed by atoms with Crippen LogP contribution in [0.3, 0.4) is 0 Å². The van der Waals surface area contributed by atoms with Crippen LogP contribution < -0.4 is 0 Å². The van der Waals surface area contributed by atoms with Crippen molar-refractivity contribution in [2.75, 3.05) is 0 Å². The molecule has 2 aliphatic heterocycles. The Kier molecular flexibility index (Phi) is 4.24. The lowest BCUT2D eigenvalue weighted by atomic mass is 9.80. The van der Waals surface area contributed by atoms with Gasteiger partial charge in [-0.05, 0) is 39.7 Å². The molecule has 5 nitrogen and oxygen atoms in total. The Morgan fingerprint density at radius 2 is 1.96 bits per heavy atom. The number of piperidine rings is 1. The summed E-state index contributed by atoms with van der Waals surface area (Å²) < 4.78 is 20.0. The van der Waals surface area contributed by atoms with Crippen LogP contribution in [0.15, 0.2) is 18.2 Å². The monoisotopic (exact) mass is 346 g/mol. The molecule has 134 valence electrons. The molecule has 25 heavy (non-hydrogen) atoms. The van der Waals surface area contributed by atoms with Gasteiger partial charge in [0, 0.05) is 30.5 Å². The van der Waals surface area contributed by atoms with Gasteiger partial charge in [0.05, 0.1) is 11.2 Å². The van der Waals surface area contributed by atoms with Crippen molar-refractivity contribution in [3.63, 3.8) is 0 Å². The summed E-state index contributed by atoms with van der Waals surface area (Å²) in [5.74, 6) is -0.669. The van der Waals surface area contributed by atoms with Gasteiger partial charge in [-0.1, -0.05) is 12.1 Å². The van der Waals surface area contributed by atoms with E-state index in [-0.39, 0.29) is 42.1 Å². The quantitative estimate of drug-likeness (QED) is 0.845. The Morgan fingerprint density at radius 1 is 1.36 bits per heavy atom. The molecular weight excluding hydrogens is 323 g/mol. The summed E-state index contributed by atoms with van der Waals surface area (Å²) in [7, 11) is 0. The number of hydrogen-bond donors (Lipinski definition) is 1. The number of benzene rings is 1. The molecule has 0 radical (unpaired) electrons. The van der Waals surface area contributed by atoms with Gasteiger partial charge in [-0.2, -0.15) is 5.26 Å². The standard InChI is InChI=1S/C19H23FN2O3/c1-18(2,3)25-17(23)22-13-7-8-14(22)10-19(24,9-13)15-6-4-5-12(11-21)16(15)20/h4-6,13-14,24H,7-10H2,1-3H3. The Balaban J connectivity index is 1.87. The first-order valence-corrected chi connectivity index (χ1v) is 8.57. The molecule has 2 atom stereocenters. The Bertz CT molecular complexity index is 721. The van der Waals surface area contributed by atoms with Crippen LogP contribution in [0.4, 0.5) is 9.18 Å². The second-order valence-electron chi connectivity index (χ2n) is 7.99. The van der Waals surface area contributed by atoms with Crippen LogP contribution in [0.5, 0.6) is 0 Å². The van der Waals surface area contributed by atoms with E-state index in [1.807, 2.05) is 26.8 Å². The van der Waals surface area contributed by atoms with Crippen LogP contribution in [0.2, 0.25) is 0 Å². The summed E-state index contributed by atoms with van der Waals surface area (Å²) in [5.41, 5.74) is -1.89. The maximum Gasteiger partial charge on any atom is 0.410 e. The van der Waals surface area contributed by atoms with Crippen molar-refractivity contribution in [1.82, 2.24) is 4.90 Å². The van der Waals surface area contributed by atoms with Crippen molar-refractivity contribution in [3.8, 4) is 6.07 Å². The summed E-state index contributed by atoms with van der Waals surface area (Å²) in [5, 5.41) is 20.2. The molecule has 2 bridgehead atoms. The highest BCUT2D eigenvalue weighted by atomic mass is 19.1. The van der Waals surface area contributed by atoms with Crippen LogP contribution in [0.25, 0.3) is 0 Å². The maximum absolute atomic E-state index is 14.6. The molecule has 1 N–H and O–H groups in total. The minimum Gasteiger partial charge on any atom is -0.444 e. The van der Waals surface area contributed by atoms with Crippen LogP contribution in [0.1, 0.15) is 57.6 Å². The summed E-state index contributed by atoms with van der Waals surface area (Å²) in [6.07, 6.45) is 1.62.